The minimum absolute atomic E-state index is 0. The molecule has 0 aliphatic heterocycles. The van der Waals surface area contributed by atoms with Crippen LogP contribution in [0.5, 0.6) is 5.75 Å². The van der Waals surface area contributed by atoms with E-state index in [1.165, 1.54) is 12.8 Å². The van der Waals surface area contributed by atoms with Gasteiger partial charge in [-0.15, -0.1) is 12.4 Å². The average molecular weight is 384 g/mol. The number of benzene rings is 1. The average Bonchev–Trinajstić information content (AvgIpc) is 3.19. The summed E-state index contributed by atoms with van der Waals surface area (Å²) in [4.78, 5) is 11.6. The van der Waals surface area contributed by atoms with E-state index < -0.39 is 0 Å². The Bertz CT molecular complexity index is 470. The van der Waals surface area contributed by atoms with Crippen molar-refractivity contribution in [3.63, 3.8) is 0 Å². The lowest BCUT2D eigenvalue weighted by Crippen LogP contribution is -2.40. The summed E-state index contributed by atoms with van der Waals surface area (Å²) >= 11 is 9.29. The molecule has 4 nitrogen and oxygen atoms in total. The Morgan fingerprint density at radius 2 is 2.25 bits per heavy atom. The summed E-state index contributed by atoms with van der Waals surface area (Å²) in [6.07, 6.45) is 2.34. The first-order valence-corrected chi connectivity index (χ1v) is 7.33. The number of carbonyl (C=O) groups is 1. The highest BCUT2D eigenvalue weighted by Crippen LogP contribution is 2.31. The highest BCUT2D eigenvalue weighted by Gasteiger charge is 2.28. The number of nitrogens with two attached hydrogens (primary N) is 1. The summed E-state index contributed by atoms with van der Waals surface area (Å²) in [5.74, 6) is 0.878. The van der Waals surface area contributed by atoms with Gasteiger partial charge < -0.3 is 15.8 Å². The quantitative estimate of drug-likeness (QED) is 0.793. The Hall–Kier alpha value is -0.490. The molecule has 7 heteroatoms. The monoisotopic (exact) mass is 382 g/mol. The number of hydrogen-bond donors (Lipinski definition) is 2. The van der Waals surface area contributed by atoms with Crippen LogP contribution in [0, 0.1) is 5.92 Å². The molecule has 1 atom stereocenters. The first-order valence-electron chi connectivity index (χ1n) is 6.16. The molecule has 1 aromatic rings. The first-order chi connectivity index (χ1) is 9.06. The molecule has 0 spiro atoms. The van der Waals surface area contributed by atoms with Gasteiger partial charge in [0.15, 0.2) is 6.61 Å². The molecule has 0 bridgehead atoms. The van der Waals surface area contributed by atoms with Crippen LogP contribution in [-0.4, -0.2) is 25.1 Å². The second-order valence-corrected chi connectivity index (χ2v) is 5.99. The van der Waals surface area contributed by atoms with Crippen LogP contribution in [0.25, 0.3) is 0 Å². The van der Waals surface area contributed by atoms with Gasteiger partial charge in [0.05, 0.1) is 5.02 Å². The van der Waals surface area contributed by atoms with Crippen molar-refractivity contribution in [3.05, 3.63) is 27.7 Å². The van der Waals surface area contributed by atoms with E-state index in [4.69, 9.17) is 22.1 Å². The lowest BCUT2D eigenvalue weighted by molar-refractivity contribution is -0.123. The first kappa shape index (κ1) is 17.6. The Morgan fingerprint density at radius 3 is 2.85 bits per heavy atom. The van der Waals surface area contributed by atoms with Gasteiger partial charge in [-0.2, -0.15) is 0 Å². The fourth-order valence-corrected chi connectivity index (χ4v) is 2.44. The van der Waals surface area contributed by atoms with E-state index in [9.17, 15) is 4.79 Å². The molecule has 1 fully saturated rings. The molecule has 1 saturated carbocycles. The van der Waals surface area contributed by atoms with E-state index in [-0.39, 0.29) is 31.0 Å². The predicted molar refractivity (Wildman–Crippen MR) is 85.6 cm³/mol. The van der Waals surface area contributed by atoms with E-state index in [2.05, 4.69) is 21.2 Å². The van der Waals surface area contributed by atoms with Crippen molar-refractivity contribution in [1.29, 1.82) is 0 Å². The van der Waals surface area contributed by atoms with Gasteiger partial charge in [0, 0.05) is 17.1 Å². The summed E-state index contributed by atoms with van der Waals surface area (Å²) in [5.41, 5.74) is 5.89. The van der Waals surface area contributed by atoms with E-state index >= 15 is 0 Å². The highest BCUT2D eigenvalue weighted by atomic mass is 79.9. The fourth-order valence-electron chi connectivity index (χ4n) is 1.71. The van der Waals surface area contributed by atoms with Crippen LogP contribution in [0.1, 0.15) is 12.8 Å². The van der Waals surface area contributed by atoms with Gasteiger partial charge in [-0.25, -0.2) is 0 Å². The summed E-state index contributed by atoms with van der Waals surface area (Å²) in [5, 5.41) is 3.23. The maximum absolute atomic E-state index is 11.6. The van der Waals surface area contributed by atoms with Gasteiger partial charge in [0.2, 0.25) is 0 Å². The molecule has 1 amide bonds. The molecule has 0 radical (unpaired) electrons. The van der Waals surface area contributed by atoms with Crippen LogP contribution in [0.2, 0.25) is 5.02 Å². The van der Waals surface area contributed by atoms with Gasteiger partial charge in [-0.3, -0.25) is 4.79 Å². The van der Waals surface area contributed by atoms with Gasteiger partial charge in [0.1, 0.15) is 5.75 Å². The zero-order valence-corrected chi connectivity index (χ0v) is 13.9. The number of amides is 1. The number of halogens is 3. The molecule has 0 saturated heterocycles. The Morgan fingerprint density at radius 1 is 1.55 bits per heavy atom. The second-order valence-electron chi connectivity index (χ2n) is 4.67. The highest BCUT2D eigenvalue weighted by molar-refractivity contribution is 9.10. The summed E-state index contributed by atoms with van der Waals surface area (Å²) in [6, 6.07) is 5.30. The summed E-state index contributed by atoms with van der Waals surface area (Å²) in [7, 11) is 0. The maximum atomic E-state index is 11.6. The largest absolute Gasteiger partial charge is 0.482 e. The molecule has 1 aliphatic rings. The van der Waals surface area contributed by atoms with Crippen molar-refractivity contribution in [3.8, 4) is 5.75 Å². The molecule has 2 rings (SSSR count). The lowest BCUT2D eigenvalue weighted by atomic mass is 10.2. The van der Waals surface area contributed by atoms with Crippen molar-refractivity contribution in [1.82, 2.24) is 5.32 Å². The van der Waals surface area contributed by atoms with Gasteiger partial charge in [0.25, 0.3) is 5.91 Å². The molecular weight excluding hydrogens is 367 g/mol. The topological polar surface area (TPSA) is 64.3 Å². The molecule has 1 aromatic carbocycles. The molecule has 112 valence electrons. The van der Waals surface area contributed by atoms with Crippen molar-refractivity contribution in [2.45, 2.75) is 18.9 Å². The van der Waals surface area contributed by atoms with Crippen LogP contribution in [0.4, 0.5) is 0 Å². The SMILES string of the molecule is Cl.NC(CNC(=O)COc1ccc(Br)cc1Cl)C1CC1. The molecule has 1 unspecified atom stereocenters. The third kappa shape index (κ3) is 5.48. The van der Waals surface area contributed by atoms with Gasteiger partial charge >= 0.3 is 0 Å². The van der Waals surface area contributed by atoms with Crippen LogP contribution < -0.4 is 15.8 Å². The zero-order chi connectivity index (χ0) is 13.8. The summed E-state index contributed by atoms with van der Waals surface area (Å²) < 4.78 is 6.22. The van der Waals surface area contributed by atoms with E-state index in [1.54, 1.807) is 12.1 Å². The number of hydrogen-bond acceptors (Lipinski definition) is 3. The normalized spacial score (nSPS) is 15.2. The molecule has 0 aromatic heterocycles. The van der Waals surface area contributed by atoms with Gasteiger partial charge in [-0.1, -0.05) is 27.5 Å². The molecule has 1 aliphatic carbocycles. The number of rotatable bonds is 6. The summed E-state index contributed by atoms with van der Waals surface area (Å²) in [6.45, 7) is 0.444. The van der Waals surface area contributed by atoms with E-state index in [0.717, 1.165) is 4.47 Å². The molecular formula is C13H17BrCl2N2O2. The minimum Gasteiger partial charge on any atom is -0.482 e. The zero-order valence-electron chi connectivity index (χ0n) is 10.8. The van der Waals surface area contributed by atoms with Crippen LogP contribution in [0.3, 0.4) is 0 Å². The smallest absolute Gasteiger partial charge is 0.257 e. The Balaban J connectivity index is 0.00000200. The van der Waals surface area contributed by atoms with E-state index in [0.29, 0.717) is 23.2 Å². The van der Waals surface area contributed by atoms with Crippen molar-refractivity contribution in [2.24, 2.45) is 11.7 Å². The number of carbonyl (C=O) groups excluding carboxylic acids is 1. The fraction of sp³-hybridized carbons (Fsp3) is 0.462. The van der Waals surface area contributed by atoms with Crippen LogP contribution >= 0.6 is 39.9 Å². The number of nitrogens with one attached hydrogen (secondary N) is 1. The minimum atomic E-state index is -0.185. The van der Waals surface area contributed by atoms with Gasteiger partial charge in [-0.05, 0) is 37.0 Å². The second kappa shape index (κ2) is 8.08. The van der Waals surface area contributed by atoms with Crippen molar-refractivity contribution >= 4 is 45.8 Å². The lowest BCUT2D eigenvalue weighted by Gasteiger charge is -2.12. The van der Waals surface area contributed by atoms with Crippen LogP contribution in [0.15, 0.2) is 22.7 Å². The predicted octanol–water partition coefficient (Wildman–Crippen LogP) is 2.76. The molecule has 3 N–H and O–H groups in total. The Labute approximate surface area is 137 Å². The third-order valence-corrected chi connectivity index (χ3v) is 3.80. The number of ether oxygens (including phenoxy) is 1. The van der Waals surface area contributed by atoms with Crippen molar-refractivity contribution in [2.75, 3.05) is 13.2 Å². The Kier molecular flexibility index (Phi) is 7.09. The maximum Gasteiger partial charge on any atom is 0.257 e. The van der Waals surface area contributed by atoms with Crippen LogP contribution in [-0.2, 0) is 4.79 Å². The standard InChI is InChI=1S/C13H16BrClN2O2.ClH/c14-9-3-4-12(10(15)5-9)19-7-13(18)17-6-11(16)8-1-2-8;/h3-5,8,11H,1-2,6-7,16H2,(H,17,18);1H. The molecule has 20 heavy (non-hydrogen) atoms. The third-order valence-electron chi connectivity index (χ3n) is 3.02. The van der Waals surface area contributed by atoms with Crippen molar-refractivity contribution < 1.29 is 9.53 Å². The molecule has 0 heterocycles. The van der Waals surface area contributed by atoms with E-state index in [1.807, 2.05) is 6.07 Å².